The summed E-state index contributed by atoms with van der Waals surface area (Å²) in [5.41, 5.74) is 6.07. The van der Waals surface area contributed by atoms with Crippen LogP contribution >= 0.6 is 11.3 Å². The van der Waals surface area contributed by atoms with E-state index in [0.29, 0.717) is 11.8 Å². The Morgan fingerprint density at radius 3 is 2.94 bits per heavy atom. The first-order valence-electron chi connectivity index (χ1n) is 5.72. The second kappa shape index (κ2) is 4.46. The number of rotatable bonds is 3. The van der Waals surface area contributed by atoms with Crippen LogP contribution in [0.3, 0.4) is 0 Å². The molecule has 2 aromatic heterocycles. The standard InChI is InChI=1S/C11H14N4OS/c12-9(8-4-3-7-17-8)10-13-11(14-16-10)15-5-1-2-6-15/h3-4,7,9H,1-2,5-6,12H2. The summed E-state index contributed by atoms with van der Waals surface area (Å²) >= 11 is 1.60. The van der Waals surface area contributed by atoms with Gasteiger partial charge in [0.05, 0.1) is 0 Å². The summed E-state index contributed by atoms with van der Waals surface area (Å²) in [5, 5.41) is 5.99. The Hall–Kier alpha value is -1.40. The lowest BCUT2D eigenvalue weighted by Gasteiger charge is -2.10. The van der Waals surface area contributed by atoms with E-state index < -0.39 is 0 Å². The first-order valence-corrected chi connectivity index (χ1v) is 6.60. The Bertz CT molecular complexity index is 475. The first kappa shape index (κ1) is 10.7. The van der Waals surface area contributed by atoms with Crippen molar-refractivity contribution in [1.29, 1.82) is 0 Å². The van der Waals surface area contributed by atoms with E-state index in [9.17, 15) is 0 Å². The van der Waals surface area contributed by atoms with Crippen LogP contribution in [-0.2, 0) is 0 Å². The molecule has 0 aromatic carbocycles. The van der Waals surface area contributed by atoms with E-state index in [2.05, 4.69) is 15.0 Å². The number of hydrogen-bond acceptors (Lipinski definition) is 6. The van der Waals surface area contributed by atoms with E-state index in [4.69, 9.17) is 10.3 Å². The molecule has 3 heterocycles. The van der Waals surface area contributed by atoms with Gasteiger partial charge in [0.15, 0.2) is 0 Å². The molecule has 1 aliphatic rings. The summed E-state index contributed by atoms with van der Waals surface area (Å²) in [6, 6.07) is 3.64. The Kier molecular flexibility index (Phi) is 2.82. The van der Waals surface area contributed by atoms with Gasteiger partial charge in [0, 0.05) is 18.0 Å². The molecule has 0 aliphatic carbocycles. The lowest BCUT2D eigenvalue weighted by Crippen LogP contribution is -2.19. The lowest BCUT2D eigenvalue weighted by atomic mass is 10.2. The zero-order chi connectivity index (χ0) is 11.7. The largest absolute Gasteiger partial charge is 0.338 e. The summed E-state index contributed by atoms with van der Waals surface area (Å²) in [7, 11) is 0. The number of nitrogens with two attached hydrogens (primary N) is 1. The van der Waals surface area contributed by atoms with Gasteiger partial charge in [-0.05, 0) is 29.4 Å². The molecular formula is C11H14N4OS. The van der Waals surface area contributed by atoms with Crippen LogP contribution in [0.1, 0.15) is 29.7 Å². The average molecular weight is 250 g/mol. The summed E-state index contributed by atoms with van der Waals surface area (Å²) < 4.78 is 5.24. The first-order chi connectivity index (χ1) is 8.34. The summed E-state index contributed by atoms with van der Waals surface area (Å²) in [6.07, 6.45) is 2.39. The zero-order valence-electron chi connectivity index (χ0n) is 9.37. The van der Waals surface area contributed by atoms with E-state index in [-0.39, 0.29) is 6.04 Å². The zero-order valence-corrected chi connectivity index (χ0v) is 10.2. The molecule has 0 amide bonds. The molecule has 5 nitrogen and oxygen atoms in total. The Labute approximate surface area is 103 Å². The minimum Gasteiger partial charge on any atom is -0.338 e. The Morgan fingerprint density at radius 2 is 2.24 bits per heavy atom. The van der Waals surface area contributed by atoms with Gasteiger partial charge >= 0.3 is 0 Å². The minimum atomic E-state index is -0.307. The van der Waals surface area contributed by atoms with Crippen LogP contribution in [0.25, 0.3) is 0 Å². The van der Waals surface area contributed by atoms with Gasteiger partial charge in [-0.15, -0.1) is 11.3 Å². The highest BCUT2D eigenvalue weighted by Gasteiger charge is 2.22. The van der Waals surface area contributed by atoms with Gasteiger partial charge in [-0.25, -0.2) is 0 Å². The quantitative estimate of drug-likeness (QED) is 0.899. The fraction of sp³-hybridized carbons (Fsp3) is 0.455. The molecular weight excluding hydrogens is 236 g/mol. The molecule has 1 aliphatic heterocycles. The van der Waals surface area contributed by atoms with E-state index in [1.807, 2.05) is 17.5 Å². The molecule has 90 valence electrons. The van der Waals surface area contributed by atoms with Gasteiger partial charge in [0.25, 0.3) is 11.8 Å². The molecule has 1 saturated heterocycles. The second-order valence-electron chi connectivity index (χ2n) is 4.12. The highest BCUT2D eigenvalue weighted by Crippen LogP contribution is 2.24. The number of thiophene rings is 1. The molecule has 1 unspecified atom stereocenters. The smallest absolute Gasteiger partial charge is 0.266 e. The van der Waals surface area contributed by atoms with Crippen LogP contribution in [0, 0.1) is 0 Å². The van der Waals surface area contributed by atoms with Crippen LogP contribution in [-0.4, -0.2) is 23.2 Å². The summed E-state index contributed by atoms with van der Waals surface area (Å²) in [6.45, 7) is 2.01. The average Bonchev–Trinajstić information content (AvgIpc) is 3.09. The van der Waals surface area contributed by atoms with Crippen molar-refractivity contribution in [3.05, 3.63) is 28.3 Å². The third kappa shape index (κ3) is 2.05. The van der Waals surface area contributed by atoms with Crippen molar-refractivity contribution in [3.63, 3.8) is 0 Å². The molecule has 2 N–H and O–H groups in total. The van der Waals surface area contributed by atoms with Crippen molar-refractivity contribution >= 4 is 17.3 Å². The van der Waals surface area contributed by atoms with Crippen molar-refractivity contribution in [2.75, 3.05) is 18.0 Å². The molecule has 3 rings (SSSR count). The molecule has 0 saturated carbocycles. The Balaban J connectivity index is 1.80. The molecule has 2 aromatic rings. The monoisotopic (exact) mass is 250 g/mol. The molecule has 0 radical (unpaired) electrons. The van der Waals surface area contributed by atoms with Gasteiger partial charge < -0.3 is 15.2 Å². The molecule has 6 heteroatoms. The van der Waals surface area contributed by atoms with Crippen LogP contribution in [0.15, 0.2) is 22.0 Å². The SMILES string of the molecule is NC(c1nc(N2CCCC2)no1)c1cccs1. The second-order valence-corrected chi connectivity index (χ2v) is 5.10. The minimum absolute atomic E-state index is 0.307. The lowest BCUT2D eigenvalue weighted by molar-refractivity contribution is 0.367. The van der Waals surface area contributed by atoms with Crippen LogP contribution < -0.4 is 10.6 Å². The van der Waals surface area contributed by atoms with E-state index in [0.717, 1.165) is 18.0 Å². The van der Waals surface area contributed by atoms with Crippen molar-refractivity contribution < 1.29 is 4.52 Å². The maximum absolute atomic E-state index is 6.07. The predicted octanol–water partition coefficient (Wildman–Crippen LogP) is 1.78. The highest BCUT2D eigenvalue weighted by atomic mass is 32.1. The summed E-state index contributed by atoms with van der Waals surface area (Å²) in [4.78, 5) is 7.55. The molecule has 0 bridgehead atoms. The van der Waals surface area contributed by atoms with Crippen molar-refractivity contribution in [2.24, 2.45) is 5.73 Å². The van der Waals surface area contributed by atoms with E-state index >= 15 is 0 Å². The number of hydrogen-bond donors (Lipinski definition) is 1. The van der Waals surface area contributed by atoms with Crippen molar-refractivity contribution in [2.45, 2.75) is 18.9 Å². The van der Waals surface area contributed by atoms with Gasteiger partial charge in [-0.3, -0.25) is 0 Å². The van der Waals surface area contributed by atoms with Crippen molar-refractivity contribution in [3.8, 4) is 0 Å². The molecule has 0 spiro atoms. The molecule has 1 fully saturated rings. The van der Waals surface area contributed by atoms with Gasteiger partial charge in [0.1, 0.15) is 6.04 Å². The normalized spacial score (nSPS) is 17.6. The number of aromatic nitrogens is 2. The Morgan fingerprint density at radius 1 is 1.41 bits per heavy atom. The van der Waals surface area contributed by atoms with Crippen LogP contribution in [0.2, 0.25) is 0 Å². The van der Waals surface area contributed by atoms with Crippen LogP contribution in [0.5, 0.6) is 0 Å². The van der Waals surface area contributed by atoms with Gasteiger partial charge in [-0.1, -0.05) is 6.07 Å². The maximum atomic E-state index is 6.07. The summed E-state index contributed by atoms with van der Waals surface area (Å²) in [5.74, 6) is 1.17. The molecule has 1 atom stereocenters. The van der Waals surface area contributed by atoms with Gasteiger partial charge in [0.2, 0.25) is 0 Å². The van der Waals surface area contributed by atoms with Gasteiger partial charge in [-0.2, -0.15) is 4.98 Å². The van der Waals surface area contributed by atoms with Crippen LogP contribution in [0.4, 0.5) is 5.95 Å². The number of nitrogens with zero attached hydrogens (tertiary/aromatic N) is 3. The number of anilines is 1. The topological polar surface area (TPSA) is 68.2 Å². The van der Waals surface area contributed by atoms with E-state index in [1.54, 1.807) is 11.3 Å². The highest BCUT2D eigenvalue weighted by molar-refractivity contribution is 7.10. The van der Waals surface area contributed by atoms with Crippen molar-refractivity contribution in [1.82, 2.24) is 10.1 Å². The molecule has 17 heavy (non-hydrogen) atoms. The fourth-order valence-corrected chi connectivity index (χ4v) is 2.71. The third-order valence-corrected chi connectivity index (χ3v) is 3.89. The predicted molar refractivity (Wildman–Crippen MR) is 66.1 cm³/mol. The third-order valence-electron chi connectivity index (χ3n) is 2.94. The fourth-order valence-electron chi connectivity index (χ4n) is 1.99. The van der Waals surface area contributed by atoms with E-state index in [1.165, 1.54) is 12.8 Å². The maximum Gasteiger partial charge on any atom is 0.266 e.